The Morgan fingerprint density at radius 2 is 1.58 bits per heavy atom. The van der Waals surface area contributed by atoms with Gasteiger partial charge in [-0.05, 0) is 61.4 Å². The van der Waals surface area contributed by atoms with Gasteiger partial charge in [-0.15, -0.1) is 0 Å². The van der Waals surface area contributed by atoms with Gasteiger partial charge in [-0.1, -0.05) is 89.4 Å². The average molecular weight is 669 g/mol. The van der Waals surface area contributed by atoms with Crippen LogP contribution in [0.5, 0.6) is 5.75 Å². The number of amides is 2. The molecule has 0 heterocycles. The first-order valence-electron chi connectivity index (χ1n) is 14.3. The van der Waals surface area contributed by atoms with Crippen molar-refractivity contribution in [2.45, 2.75) is 37.8 Å². The Kier molecular flexibility index (Phi) is 11.5. The summed E-state index contributed by atoms with van der Waals surface area (Å²) in [7, 11) is -2.84. The van der Waals surface area contributed by atoms with Crippen LogP contribution >= 0.6 is 23.2 Å². The molecule has 0 bridgehead atoms. The van der Waals surface area contributed by atoms with Gasteiger partial charge in [0.1, 0.15) is 18.3 Å². The quantitative estimate of drug-likeness (QED) is 0.181. The average Bonchev–Trinajstić information content (AvgIpc) is 3.03. The van der Waals surface area contributed by atoms with E-state index in [4.69, 9.17) is 27.9 Å². The van der Waals surface area contributed by atoms with Crippen LogP contribution in [0.4, 0.5) is 5.69 Å². The van der Waals surface area contributed by atoms with Crippen LogP contribution in [0.2, 0.25) is 10.0 Å². The predicted molar refractivity (Wildman–Crippen MR) is 178 cm³/mol. The van der Waals surface area contributed by atoms with Crippen LogP contribution in [-0.4, -0.2) is 51.4 Å². The molecule has 0 aliphatic heterocycles. The minimum atomic E-state index is -4.27. The van der Waals surface area contributed by atoms with Gasteiger partial charge in [-0.3, -0.25) is 13.9 Å². The molecule has 8 nitrogen and oxygen atoms in total. The summed E-state index contributed by atoms with van der Waals surface area (Å²) in [5.41, 5.74) is 2.42. The number of benzene rings is 4. The van der Waals surface area contributed by atoms with E-state index in [0.29, 0.717) is 22.2 Å². The smallest absolute Gasteiger partial charge is 0.264 e. The number of para-hydroxylation sites is 2. The lowest BCUT2D eigenvalue weighted by atomic mass is 10.0. The predicted octanol–water partition coefficient (Wildman–Crippen LogP) is 6.28. The number of rotatable bonds is 13. The molecule has 45 heavy (non-hydrogen) atoms. The van der Waals surface area contributed by atoms with Crippen molar-refractivity contribution in [1.82, 2.24) is 10.2 Å². The van der Waals surface area contributed by atoms with E-state index >= 15 is 0 Å². The van der Waals surface area contributed by atoms with Crippen molar-refractivity contribution in [3.05, 3.63) is 124 Å². The number of carbonyl (C=O) groups excluding carboxylic acids is 2. The highest BCUT2D eigenvalue weighted by atomic mass is 35.5. The summed E-state index contributed by atoms with van der Waals surface area (Å²) in [6, 6.07) is 26.1. The molecule has 0 radical (unpaired) electrons. The minimum absolute atomic E-state index is 0.00339. The van der Waals surface area contributed by atoms with Crippen LogP contribution in [0, 0.1) is 6.92 Å². The van der Waals surface area contributed by atoms with Crippen molar-refractivity contribution < 1.29 is 22.7 Å². The van der Waals surface area contributed by atoms with E-state index in [1.54, 1.807) is 61.5 Å². The van der Waals surface area contributed by atoms with Crippen LogP contribution in [-0.2, 0) is 32.6 Å². The second-order valence-corrected chi connectivity index (χ2v) is 13.1. The molecule has 4 aromatic carbocycles. The number of likely N-dealkylation sites (N-methyl/N-ethyl adjacent to an activating group) is 1. The molecule has 0 saturated carbocycles. The van der Waals surface area contributed by atoms with Crippen molar-refractivity contribution in [2.75, 3.05) is 24.5 Å². The fourth-order valence-electron chi connectivity index (χ4n) is 4.87. The summed E-state index contributed by atoms with van der Waals surface area (Å²) in [5.74, 6) is -0.738. The summed E-state index contributed by atoms with van der Waals surface area (Å²) in [5, 5.41) is 3.56. The number of ether oxygens (including phenoxy) is 1. The summed E-state index contributed by atoms with van der Waals surface area (Å²) in [6.45, 7) is 3.28. The Bertz CT molecular complexity index is 1730. The monoisotopic (exact) mass is 667 g/mol. The van der Waals surface area contributed by atoms with Gasteiger partial charge < -0.3 is 15.0 Å². The molecular weight excluding hydrogens is 633 g/mol. The van der Waals surface area contributed by atoms with Gasteiger partial charge in [0.05, 0.1) is 17.7 Å². The van der Waals surface area contributed by atoms with Crippen molar-refractivity contribution >= 4 is 50.7 Å². The van der Waals surface area contributed by atoms with E-state index in [2.05, 4.69) is 5.32 Å². The van der Waals surface area contributed by atoms with Gasteiger partial charge in [0.15, 0.2) is 0 Å². The van der Waals surface area contributed by atoms with E-state index < -0.39 is 28.5 Å². The normalized spacial score (nSPS) is 11.8. The lowest BCUT2D eigenvalue weighted by Gasteiger charge is -2.34. The maximum absolute atomic E-state index is 14.5. The molecule has 1 N–H and O–H groups in total. The number of methoxy groups -OCH3 is 1. The number of aryl methyl sites for hydroxylation is 1. The second-order valence-electron chi connectivity index (χ2n) is 10.4. The van der Waals surface area contributed by atoms with Crippen molar-refractivity contribution in [3.8, 4) is 5.75 Å². The highest BCUT2D eigenvalue weighted by molar-refractivity contribution is 7.92. The second kappa shape index (κ2) is 15.3. The van der Waals surface area contributed by atoms with Crippen LogP contribution in [0.3, 0.4) is 0 Å². The summed E-state index contributed by atoms with van der Waals surface area (Å²) in [6.07, 6.45) is 0.184. The maximum Gasteiger partial charge on any atom is 0.264 e. The van der Waals surface area contributed by atoms with E-state index in [0.717, 1.165) is 15.4 Å². The van der Waals surface area contributed by atoms with Gasteiger partial charge in [0, 0.05) is 29.6 Å². The standard InChI is InChI=1S/C34H35Cl2N3O5S/c1-4-37-34(41)31(20-25-10-6-5-7-11-25)38(22-26-16-17-27(35)21-29(26)36)33(40)23-39(30-12-8-9-13-32(30)44-3)45(42,43)28-18-14-24(2)15-19-28/h5-19,21,31H,4,20,22-23H2,1-3H3,(H,37,41). The SMILES string of the molecule is CCNC(=O)C(Cc1ccccc1)N(Cc1ccc(Cl)cc1Cl)C(=O)CN(c1ccccc1OC)S(=O)(=O)c1ccc(C)cc1. The Labute approximate surface area is 274 Å². The molecule has 0 saturated heterocycles. The molecule has 1 unspecified atom stereocenters. The van der Waals surface area contributed by atoms with Crippen molar-refractivity contribution in [3.63, 3.8) is 0 Å². The van der Waals surface area contributed by atoms with Gasteiger partial charge in [-0.25, -0.2) is 8.42 Å². The zero-order valence-corrected chi connectivity index (χ0v) is 27.6. The minimum Gasteiger partial charge on any atom is -0.495 e. The molecule has 0 aliphatic carbocycles. The van der Waals surface area contributed by atoms with Gasteiger partial charge in [-0.2, -0.15) is 0 Å². The molecule has 236 valence electrons. The molecular formula is C34H35Cl2N3O5S. The molecule has 0 fully saturated rings. The fourth-order valence-corrected chi connectivity index (χ4v) is 6.76. The molecule has 0 spiro atoms. The topological polar surface area (TPSA) is 96.0 Å². The van der Waals surface area contributed by atoms with Crippen LogP contribution in [0.1, 0.15) is 23.6 Å². The van der Waals surface area contributed by atoms with Gasteiger partial charge in [0.25, 0.3) is 10.0 Å². The lowest BCUT2D eigenvalue weighted by Crippen LogP contribution is -2.53. The van der Waals surface area contributed by atoms with Crippen LogP contribution in [0.25, 0.3) is 0 Å². The Morgan fingerprint density at radius 1 is 0.911 bits per heavy atom. The summed E-state index contributed by atoms with van der Waals surface area (Å²) >= 11 is 12.7. The van der Waals surface area contributed by atoms with Crippen molar-refractivity contribution in [1.29, 1.82) is 0 Å². The summed E-state index contributed by atoms with van der Waals surface area (Å²) in [4.78, 5) is 29.5. The molecule has 0 aliphatic rings. The molecule has 4 rings (SSSR count). The summed E-state index contributed by atoms with van der Waals surface area (Å²) < 4.78 is 34.9. The van der Waals surface area contributed by atoms with Gasteiger partial charge >= 0.3 is 0 Å². The number of anilines is 1. The molecule has 0 aromatic heterocycles. The zero-order valence-electron chi connectivity index (χ0n) is 25.2. The number of hydrogen-bond acceptors (Lipinski definition) is 5. The molecule has 11 heteroatoms. The Hall–Kier alpha value is -4.05. The first-order valence-corrected chi connectivity index (χ1v) is 16.5. The van der Waals surface area contributed by atoms with E-state index in [9.17, 15) is 18.0 Å². The number of halogens is 2. The highest BCUT2D eigenvalue weighted by Crippen LogP contribution is 2.33. The van der Waals surface area contributed by atoms with Crippen LogP contribution < -0.4 is 14.4 Å². The lowest BCUT2D eigenvalue weighted by molar-refractivity contribution is -0.140. The van der Waals surface area contributed by atoms with Crippen molar-refractivity contribution in [2.24, 2.45) is 0 Å². The number of nitrogens with zero attached hydrogens (tertiary/aromatic N) is 2. The zero-order chi connectivity index (χ0) is 32.6. The third-order valence-corrected chi connectivity index (χ3v) is 9.58. The Balaban J connectivity index is 1.84. The number of hydrogen-bond donors (Lipinski definition) is 1. The molecule has 1 atom stereocenters. The number of sulfonamides is 1. The first-order chi connectivity index (χ1) is 21.5. The number of nitrogens with one attached hydrogen (secondary N) is 1. The fraction of sp³-hybridized carbons (Fsp3) is 0.235. The first kappa shape index (κ1) is 33.8. The number of carbonyl (C=O) groups is 2. The van der Waals surface area contributed by atoms with E-state index in [1.165, 1.54) is 24.1 Å². The van der Waals surface area contributed by atoms with E-state index in [-0.39, 0.29) is 35.2 Å². The van der Waals surface area contributed by atoms with Gasteiger partial charge in [0.2, 0.25) is 11.8 Å². The molecule has 4 aromatic rings. The maximum atomic E-state index is 14.5. The third kappa shape index (κ3) is 8.36. The molecule has 2 amide bonds. The third-order valence-electron chi connectivity index (χ3n) is 7.22. The Morgan fingerprint density at radius 3 is 2.22 bits per heavy atom. The largest absolute Gasteiger partial charge is 0.495 e. The highest BCUT2D eigenvalue weighted by Gasteiger charge is 2.35. The van der Waals surface area contributed by atoms with E-state index in [1.807, 2.05) is 37.3 Å². The van der Waals surface area contributed by atoms with Crippen LogP contribution in [0.15, 0.2) is 102 Å².